The molecule has 19 heteroatoms. The Labute approximate surface area is 330 Å². The zero-order valence-electron chi connectivity index (χ0n) is 30.5. The Kier molecular flexibility index (Phi) is 10.8. The number of benzene rings is 2. The summed E-state index contributed by atoms with van der Waals surface area (Å²) in [5.74, 6) is -8.37. The van der Waals surface area contributed by atoms with Crippen LogP contribution in [0.25, 0.3) is 44.3 Å². The minimum absolute atomic E-state index is 0.00872. The maximum atomic E-state index is 16.5. The van der Waals surface area contributed by atoms with Crippen molar-refractivity contribution in [3.8, 4) is 22.5 Å². The molecule has 4 N–H and O–H groups in total. The lowest BCUT2D eigenvalue weighted by atomic mass is 9.95. The zero-order chi connectivity index (χ0) is 41.8. The van der Waals surface area contributed by atoms with Crippen molar-refractivity contribution in [2.24, 2.45) is 5.41 Å². The second-order valence-corrected chi connectivity index (χ2v) is 14.3. The Bertz CT molecular complexity index is 2710. The summed E-state index contributed by atoms with van der Waals surface area (Å²) in [5, 5.41) is -0.908. The fourth-order valence-electron chi connectivity index (χ4n) is 6.00. The van der Waals surface area contributed by atoms with E-state index in [1.807, 2.05) is 0 Å². The van der Waals surface area contributed by atoms with Crippen LogP contribution in [0, 0.1) is 28.7 Å². The van der Waals surface area contributed by atoms with Crippen LogP contribution in [0.15, 0.2) is 42.7 Å². The molecule has 0 aliphatic heterocycles. The van der Waals surface area contributed by atoms with Gasteiger partial charge in [0.15, 0.2) is 34.7 Å². The molecule has 0 saturated heterocycles. The minimum Gasteiger partial charge on any atom is -0.464 e. The van der Waals surface area contributed by atoms with E-state index >= 15 is 17.6 Å². The van der Waals surface area contributed by atoms with Crippen LogP contribution in [0.1, 0.15) is 56.9 Å². The van der Waals surface area contributed by atoms with Gasteiger partial charge in [-0.2, -0.15) is 0 Å². The highest BCUT2D eigenvalue weighted by molar-refractivity contribution is 6.36. The molecular formula is C38H30Cl2F4N6O7. The summed E-state index contributed by atoms with van der Waals surface area (Å²) in [6.07, 6.45) is 2.51. The van der Waals surface area contributed by atoms with Crippen molar-refractivity contribution >= 4 is 80.1 Å². The minimum atomic E-state index is -1.28. The van der Waals surface area contributed by atoms with E-state index in [0.717, 1.165) is 28.5 Å². The lowest BCUT2D eigenvalue weighted by Crippen LogP contribution is -2.26. The van der Waals surface area contributed by atoms with Gasteiger partial charge in [0.25, 0.3) is 5.91 Å². The second kappa shape index (κ2) is 15.1. The van der Waals surface area contributed by atoms with Crippen molar-refractivity contribution in [1.82, 2.24) is 19.1 Å². The zero-order valence-corrected chi connectivity index (χ0v) is 32.0. The van der Waals surface area contributed by atoms with E-state index < -0.39 is 126 Å². The summed E-state index contributed by atoms with van der Waals surface area (Å²) in [6.45, 7) is 3.70. The van der Waals surface area contributed by atoms with E-state index in [9.17, 15) is 19.2 Å². The smallest absolute Gasteiger partial charge is 0.358 e. The maximum Gasteiger partial charge on any atom is 0.358 e. The fraction of sp³-hybridized carbons (Fsp3) is 0.211. The molecule has 2 aromatic carbocycles. The number of hydrogen-bond donors (Lipinski definition) is 2. The van der Waals surface area contributed by atoms with Gasteiger partial charge in [0, 0.05) is 52.4 Å². The van der Waals surface area contributed by atoms with Crippen LogP contribution in [-0.4, -0.2) is 63.7 Å². The SMILES string of the molecule is COCC(=O)n1cc(COC(=O)c2nc(-c3ccc4ccn(C(=O)C(C)(C)C)c4c3F)c(F)c(N)c2Cl)c2ccc(-c3nc(C(=O)OC)c(Cl)c(N)c3F)c(F)c21. The van der Waals surface area contributed by atoms with Gasteiger partial charge in [0.05, 0.1) is 39.6 Å². The Balaban J connectivity index is 1.41. The highest BCUT2D eigenvalue weighted by Crippen LogP contribution is 2.39. The topological polar surface area (TPSA) is 184 Å². The number of methoxy groups -OCH3 is 2. The van der Waals surface area contributed by atoms with Crippen LogP contribution in [0.2, 0.25) is 10.0 Å². The van der Waals surface area contributed by atoms with Gasteiger partial charge < -0.3 is 25.7 Å². The van der Waals surface area contributed by atoms with E-state index in [1.54, 1.807) is 20.8 Å². The number of carbonyl (C=O) groups excluding carboxylic acids is 4. The van der Waals surface area contributed by atoms with Gasteiger partial charge in [-0.05, 0) is 18.2 Å². The highest BCUT2D eigenvalue weighted by atomic mass is 35.5. The number of aromatic nitrogens is 4. The number of fused-ring (bicyclic) bond motifs is 2. The van der Waals surface area contributed by atoms with Crippen molar-refractivity contribution in [2.75, 3.05) is 32.3 Å². The summed E-state index contributed by atoms with van der Waals surface area (Å²) in [5.41, 5.74) is 4.98. The van der Waals surface area contributed by atoms with Crippen molar-refractivity contribution in [3.63, 3.8) is 0 Å². The molecule has 6 rings (SSSR count). The number of ether oxygens (including phenoxy) is 3. The molecule has 296 valence electrons. The quantitative estimate of drug-likeness (QED) is 0.112. The highest BCUT2D eigenvalue weighted by Gasteiger charge is 2.31. The molecule has 6 aromatic rings. The van der Waals surface area contributed by atoms with Crippen LogP contribution in [-0.2, 0) is 20.8 Å². The normalized spacial score (nSPS) is 11.7. The van der Waals surface area contributed by atoms with Crippen LogP contribution in [0.4, 0.5) is 28.9 Å². The third-order valence-electron chi connectivity index (χ3n) is 8.84. The number of nitrogens with two attached hydrogens (primary N) is 2. The number of rotatable bonds is 8. The van der Waals surface area contributed by atoms with Gasteiger partial charge in [-0.15, -0.1) is 0 Å². The second-order valence-electron chi connectivity index (χ2n) is 13.5. The van der Waals surface area contributed by atoms with E-state index in [4.69, 9.17) is 44.1 Å². The molecule has 0 radical (unpaired) electrons. The van der Waals surface area contributed by atoms with E-state index in [-0.39, 0.29) is 16.5 Å². The van der Waals surface area contributed by atoms with Gasteiger partial charge >= 0.3 is 11.9 Å². The first-order valence-electron chi connectivity index (χ1n) is 16.6. The average molecular weight is 830 g/mol. The number of nitrogens with zero attached hydrogens (tertiary/aromatic N) is 4. The summed E-state index contributed by atoms with van der Waals surface area (Å²) in [6, 6.07) is 6.47. The lowest BCUT2D eigenvalue weighted by Gasteiger charge is -2.18. The van der Waals surface area contributed by atoms with Crippen LogP contribution in [0.3, 0.4) is 0 Å². The van der Waals surface area contributed by atoms with Gasteiger partial charge in [-0.1, -0.05) is 56.1 Å². The number of hydrogen-bond acceptors (Lipinski definition) is 11. The molecule has 57 heavy (non-hydrogen) atoms. The number of carbonyl (C=O) groups is 4. The molecule has 4 heterocycles. The number of esters is 2. The van der Waals surface area contributed by atoms with E-state index in [0.29, 0.717) is 5.39 Å². The first kappa shape index (κ1) is 40.6. The van der Waals surface area contributed by atoms with E-state index in [1.165, 1.54) is 37.6 Å². The summed E-state index contributed by atoms with van der Waals surface area (Å²) < 4.78 is 80.6. The van der Waals surface area contributed by atoms with E-state index in [2.05, 4.69) is 14.7 Å². The molecule has 0 fully saturated rings. The number of nitrogen functional groups attached to an aromatic ring is 2. The molecule has 0 aliphatic carbocycles. The molecule has 13 nitrogen and oxygen atoms in total. The van der Waals surface area contributed by atoms with Crippen molar-refractivity contribution in [1.29, 1.82) is 0 Å². The predicted molar refractivity (Wildman–Crippen MR) is 202 cm³/mol. The fourth-order valence-corrected chi connectivity index (χ4v) is 6.40. The molecule has 0 spiro atoms. The number of anilines is 2. The number of pyridine rings is 2. The predicted octanol–water partition coefficient (Wildman–Crippen LogP) is 7.86. The summed E-state index contributed by atoms with van der Waals surface area (Å²) in [7, 11) is 2.23. The Morgan fingerprint density at radius 1 is 0.754 bits per heavy atom. The Morgan fingerprint density at radius 3 is 1.84 bits per heavy atom. The van der Waals surface area contributed by atoms with Crippen LogP contribution >= 0.6 is 23.2 Å². The largest absolute Gasteiger partial charge is 0.464 e. The first-order chi connectivity index (χ1) is 26.8. The lowest BCUT2D eigenvalue weighted by molar-refractivity contribution is 0.0467. The molecular weight excluding hydrogens is 799 g/mol. The molecule has 0 aliphatic rings. The summed E-state index contributed by atoms with van der Waals surface area (Å²) in [4.78, 5) is 59.9. The van der Waals surface area contributed by atoms with Crippen molar-refractivity contribution in [2.45, 2.75) is 27.4 Å². The van der Waals surface area contributed by atoms with Crippen molar-refractivity contribution < 1.29 is 51.0 Å². The van der Waals surface area contributed by atoms with Crippen molar-refractivity contribution in [3.05, 3.63) is 93.0 Å². The molecule has 0 saturated carbocycles. The monoisotopic (exact) mass is 828 g/mol. The molecule has 0 atom stereocenters. The molecule has 0 bridgehead atoms. The molecule has 4 aromatic heterocycles. The average Bonchev–Trinajstić information content (AvgIpc) is 3.78. The summed E-state index contributed by atoms with van der Waals surface area (Å²) >= 11 is 12.3. The van der Waals surface area contributed by atoms with Gasteiger partial charge in [0.1, 0.15) is 24.6 Å². The third kappa shape index (κ3) is 6.91. The van der Waals surface area contributed by atoms with Crippen LogP contribution < -0.4 is 11.5 Å². The standard InChI is InChI=1S/C38H30Cl2F4N6O7/c1-38(2,3)37(54)49-11-10-15-6-7-18(23(41)33(15)49)29-26(44)28(46)22(40)32(48-29)36(53)57-13-16-12-50(20(51)14-55-4)34-17(16)8-9-19(24(34)42)30-25(43)27(45)21(39)31(47-30)35(52)56-5/h6-12H,13-14H2,1-5H3,(H2,45,47)(H2,46,48). The molecule has 0 unspecified atom stereocenters. The van der Waals surface area contributed by atoms with Gasteiger partial charge in [-0.25, -0.2) is 37.1 Å². The van der Waals surface area contributed by atoms with Gasteiger partial charge in [0.2, 0.25) is 5.91 Å². The Morgan fingerprint density at radius 2 is 1.30 bits per heavy atom. The molecule has 0 amide bonds. The van der Waals surface area contributed by atoms with Gasteiger partial charge in [-0.3, -0.25) is 18.7 Å². The Hall–Kier alpha value is -6.04. The maximum absolute atomic E-state index is 16.5. The van der Waals surface area contributed by atoms with Crippen LogP contribution in [0.5, 0.6) is 0 Å². The third-order valence-corrected chi connectivity index (χ3v) is 9.61. The number of halogens is 6. The first-order valence-corrected chi connectivity index (χ1v) is 17.3.